The smallest absolute Gasteiger partial charge is 0.121 e. The summed E-state index contributed by atoms with van der Waals surface area (Å²) >= 11 is 0. The second-order valence-electron chi connectivity index (χ2n) is 3.59. The molecule has 1 aromatic carbocycles. The van der Waals surface area contributed by atoms with Crippen LogP contribution in [0.25, 0.3) is 0 Å². The van der Waals surface area contributed by atoms with E-state index in [0.717, 1.165) is 6.92 Å². The molecule has 4 N–H and O–H groups in total. The molecule has 2 rings (SSSR count). The van der Waals surface area contributed by atoms with Crippen LogP contribution in [0.3, 0.4) is 0 Å². The lowest BCUT2D eigenvalue weighted by Gasteiger charge is -2.29. The Bertz CT molecular complexity index is 735. The Morgan fingerprint density at radius 2 is 2.67 bits per heavy atom. The quantitative estimate of drug-likeness (QED) is 0.722. The summed E-state index contributed by atoms with van der Waals surface area (Å²) in [7, 11) is 0. The maximum absolute atomic E-state index is 10.3. The Kier molecular flexibility index (Phi) is 0.835. The molecule has 0 saturated heterocycles. The van der Waals surface area contributed by atoms with E-state index in [0.29, 0.717) is 0 Å². The van der Waals surface area contributed by atoms with Crippen molar-refractivity contribution in [3.8, 4) is 5.75 Å². The van der Waals surface area contributed by atoms with E-state index in [1.54, 1.807) is 0 Å². The second kappa shape index (κ2) is 3.42. The van der Waals surface area contributed by atoms with Gasteiger partial charge in [-0.15, -0.1) is 0 Å². The van der Waals surface area contributed by atoms with E-state index in [2.05, 4.69) is 5.32 Å². The van der Waals surface area contributed by atoms with Crippen LogP contribution in [-0.2, 0) is 5.41 Å². The zero-order chi connectivity index (χ0) is 19.7. The van der Waals surface area contributed by atoms with Crippen LogP contribution in [0.5, 0.6) is 5.75 Å². The SMILES string of the molecule is [2H]c1c([2H])c(O)c2c(c1[2H])NC([2H])(C)C2(C)C([2H])([2H])C([2H])([2H])N([2H])[2H]. The number of anilines is 1. The van der Waals surface area contributed by atoms with Gasteiger partial charge in [0.1, 0.15) is 8.57 Å². The molecule has 0 saturated carbocycles. The lowest BCUT2D eigenvalue weighted by Crippen LogP contribution is -2.35. The molecule has 0 radical (unpaired) electrons. The van der Waals surface area contributed by atoms with Crippen molar-refractivity contribution >= 4 is 5.69 Å². The van der Waals surface area contributed by atoms with Gasteiger partial charge in [0.05, 0.1) is 5.48 Å². The minimum atomic E-state index is -3.19. The largest absolute Gasteiger partial charge is 0.508 e. The number of nitrogens with one attached hydrogen (secondary N) is 1. The van der Waals surface area contributed by atoms with Gasteiger partial charge in [-0.05, 0) is 31.9 Å². The summed E-state index contributed by atoms with van der Waals surface area (Å²) < 4.78 is 78.5. The van der Waals surface area contributed by atoms with Crippen LogP contribution in [-0.4, -0.2) is 17.6 Å². The van der Waals surface area contributed by atoms with Crippen LogP contribution in [0.1, 0.15) is 36.7 Å². The van der Waals surface area contributed by atoms with Gasteiger partial charge in [-0.2, -0.15) is 0 Å². The first-order chi connectivity index (χ1) is 11.1. The molecule has 0 aliphatic carbocycles. The lowest BCUT2D eigenvalue weighted by molar-refractivity contribution is 0.385. The number of rotatable bonds is 3. The third kappa shape index (κ3) is 1.38. The summed E-state index contributed by atoms with van der Waals surface area (Å²) in [6, 6.07) is -3.88. The van der Waals surface area contributed by atoms with Crippen molar-refractivity contribution < 1.29 is 18.9 Å². The third-order valence-corrected chi connectivity index (χ3v) is 2.72. The number of phenolic OH excluding ortho intramolecular Hbond substituents is 1. The Labute approximate surface area is 104 Å². The van der Waals surface area contributed by atoms with Crippen LogP contribution in [0.15, 0.2) is 18.1 Å². The molecule has 1 aliphatic heterocycles. The summed E-state index contributed by atoms with van der Waals surface area (Å²) in [5.74, 6) is -0.830. The molecule has 0 amide bonds. The highest BCUT2D eigenvalue weighted by molar-refractivity contribution is 5.66. The predicted octanol–water partition coefficient (Wildman–Crippen LogP) is 1.81. The highest BCUT2D eigenvalue weighted by Crippen LogP contribution is 2.47. The highest BCUT2D eigenvalue weighted by Gasteiger charge is 2.41. The van der Waals surface area contributed by atoms with E-state index < -0.39 is 53.9 Å². The summed E-state index contributed by atoms with van der Waals surface area (Å²) in [6.07, 6.45) is -3.07. The average molecular weight is 216 g/mol. The van der Waals surface area contributed by atoms with Crippen molar-refractivity contribution in [2.75, 3.05) is 11.8 Å². The van der Waals surface area contributed by atoms with E-state index in [1.807, 2.05) is 0 Å². The Balaban J connectivity index is 2.93. The fraction of sp³-hybridized carbons (Fsp3) is 0.500. The number of hydrogen-bond donors (Lipinski definition) is 3. The van der Waals surface area contributed by atoms with Crippen molar-refractivity contribution in [3.05, 3.63) is 23.7 Å². The molecule has 3 nitrogen and oxygen atoms in total. The number of benzene rings is 1. The molecule has 2 atom stereocenters. The summed E-state index contributed by atoms with van der Waals surface area (Å²) in [6.45, 7) is -0.864. The van der Waals surface area contributed by atoms with Crippen molar-refractivity contribution in [1.82, 2.24) is 0 Å². The Morgan fingerprint density at radius 3 is 3.40 bits per heavy atom. The normalized spacial score (nSPS) is 45.3. The predicted molar refractivity (Wildman–Crippen MR) is 62.2 cm³/mol. The molecule has 15 heavy (non-hydrogen) atoms. The number of phenols is 1. The molecular formula is C12H18N2O. The monoisotopic (exact) mass is 216 g/mol. The summed E-state index contributed by atoms with van der Waals surface area (Å²) in [4.78, 5) is 0. The number of hydrogen-bond acceptors (Lipinski definition) is 3. The van der Waals surface area contributed by atoms with Crippen LogP contribution >= 0.6 is 0 Å². The fourth-order valence-electron chi connectivity index (χ4n) is 1.74. The van der Waals surface area contributed by atoms with E-state index in [4.69, 9.17) is 13.8 Å². The Morgan fingerprint density at radius 1 is 1.87 bits per heavy atom. The van der Waals surface area contributed by atoms with E-state index in [1.165, 1.54) is 6.92 Å². The molecule has 1 heterocycles. The van der Waals surface area contributed by atoms with Crippen molar-refractivity contribution in [3.63, 3.8) is 0 Å². The highest BCUT2D eigenvalue weighted by atomic mass is 16.3. The first-order valence-corrected chi connectivity index (χ1v) is 4.45. The molecule has 2 unspecified atom stereocenters. The zero-order valence-electron chi connectivity index (χ0n) is 18.4. The molecule has 0 aromatic heterocycles. The first kappa shape index (κ1) is 3.67. The lowest BCUT2D eigenvalue weighted by atomic mass is 9.76. The van der Waals surface area contributed by atoms with Crippen molar-refractivity contribution in [2.24, 2.45) is 5.72 Å². The Hall–Kier alpha value is -1.22. The average Bonchev–Trinajstić information content (AvgIpc) is 2.71. The van der Waals surface area contributed by atoms with E-state index >= 15 is 0 Å². The zero-order valence-corrected chi connectivity index (χ0v) is 8.39. The molecular weight excluding hydrogens is 188 g/mol. The maximum Gasteiger partial charge on any atom is 0.121 e. The van der Waals surface area contributed by atoms with Gasteiger partial charge < -0.3 is 16.1 Å². The minimum Gasteiger partial charge on any atom is -0.508 e. The molecule has 1 aromatic rings. The van der Waals surface area contributed by atoms with Crippen molar-refractivity contribution in [1.29, 1.82) is 0 Å². The van der Waals surface area contributed by atoms with Gasteiger partial charge in [-0.25, -0.2) is 0 Å². The molecule has 1 aliphatic rings. The standard InChI is InChI=1S/C12H18N2O/c1-8-12(2,6-7-13)11-9(14-8)4-3-5-10(11)15/h3-5,8,14-15H,6-7,13H2,1-2H3/i3D,4D,5D,6D2,7D2,8D/hD2. The second-order valence-corrected chi connectivity index (χ2v) is 3.59. The molecule has 0 bridgehead atoms. The molecule has 3 heteroatoms. The van der Waals surface area contributed by atoms with Gasteiger partial charge >= 0.3 is 0 Å². The van der Waals surface area contributed by atoms with Gasteiger partial charge in [0, 0.05) is 28.2 Å². The number of fused-ring (bicyclic) bond motifs is 1. The van der Waals surface area contributed by atoms with Crippen LogP contribution < -0.4 is 11.0 Å². The fourth-order valence-corrected chi connectivity index (χ4v) is 1.74. The molecule has 82 valence electrons. The van der Waals surface area contributed by atoms with Crippen LogP contribution in [0, 0.1) is 0 Å². The minimum absolute atomic E-state index is 0.236. The summed E-state index contributed by atoms with van der Waals surface area (Å²) in [5, 5.41) is 12.9. The van der Waals surface area contributed by atoms with E-state index in [-0.39, 0.29) is 11.3 Å². The van der Waals surface area contributed by atoms with Crippen LogP contribution in [0.2, 0.25) is 2.82 Å². The third-order valence-electron chi connectivity index (χ3n) is 2.72. The molecule has 0 spiro atoms. The topological polar surface area (TPSA) is 58.3 Å². The van der Waals surface area contributed by atoms with Crippen LogP contribution in [0.4, 0.5) is 5.69 Å². The van der Waals surface area contributed by atoms with Gasteiger partial charge in [-0.3, -0.25) is 0 Å². The first-order valence-electron chi connectivity index (χ1n) is 9.34. The molecule has 0 fully saturated rings. The summed E-state index contributed by atoms with van der Waals surface area (Å²) in [5.41, 5.74) is -3.26. The van der Waals surface area contributed by atoms with Gasteiger partial charge in [0.15, 0.2) is 0 Å². The van der Waals surface area contributed by atoms with Crippen molar-refractivity contribution in [2.45, 2.75) is 31.7 Å². The number of aromatic hydroxyl groups is 1. The van der Waals surface area contributed by atoms with Gasteiger partial charge in [0.25, 0.3) is 0 Å². The number of nitrogens with two attached hydrogens (primary N) is 1. The van der Waals surface area contributed by atoms with Gasteiger partial charge in [-0.1, -0.05) is 13.0 Å². The maximum atomic E-state index is 10.3. The van der Waals surface area contributed by atoms with E-state index in [9.17, 15) is 5.11 Å². The van der Waals surface area contributed by atoms with Gasteiger partial charge in [0.2, 0.25) is 0 Å².